The molecule has 0 radical (unpaired) electrons. The van der Waals surface area contributed by atoms with Crippen LogP contribution in [0, 0.1) is 6.92 Å². The molecule has 3 rings (SSSR count). The van der Waals surface area contributed by atoms with E-state index >= 15 is 0 Å². The molecule has 0 unspecified atom stereocenters. The van der Waals surface area contributed by atoms with Gasteiger partial charge < -0.3 is 0 Å². The number of thiazole rings is 1. The summed E-state index contributed by atoms with van der Waals surface area (Å²) in [6, 6.07) is 9.98. The Morgan fingerprint density at radius 3 is 2.79 bits per heavy atom. The minimum atomic E-state index is -0.000961. The van der Waals surface area contributed by atoms with Crippen molar-refractivity contribution in [3.05, 3.63) is 69.1 Å². The molecule has 0 saturated heterocycles. The molecule has 0 saturated carbocycles. The van der Waals surface area contributed by atoms with Crippen LogP contribution in [0.25, 0.3) is 17.1 Å². The summed E-state index contributed by atoms with van der Waals surface area (Å²) in [6.45, 7) is 1.81. The zero-order valence-electron chi connectivity index (χ0n) is 10.4. The number of fused-ring (bicyclic) bond motifs is 1. The quantitative estimate of drug-likeness (QED) is 0.715. The van der Waals surface area contributed by atoms with Crippen molar-refractivity contribution in [2.45, 2.75) is 6.92 Å². The lowest BCUT2D eigenvalue weighted by Gasteiger charge is -2.00. The molecule has 0 aliphatic carbocycles. The molecule has 2 heterocycles. The first-order chi connectivity index (χ1) is 9.25. The maximum atomic E-state index is 12.1. The highest BCUT2D eigenvalue weighted by atomic mass is 32.1. The van der Waals surface area contributed by atoms with Gasteiger partial charge in [0.2, 0.25) is 0 Å². The monoisotopic (exact) mass is 268 g/mol. The molecule has 4 heteroatoms. The molecule has 2 aromatic heterocycles. The Bertz CT molecular complexity index is 800. The Balaban J connectivity index is 2.08. The smallest absolute Gasteiger partial charge is 0.262 e. The van der Waals surface area contributed by atoms with Gasteiger partial charge in [0.15, 0.2) is 4.96 Å². The summed E-state index contributed by atoms with van der Waals surface area (Å²) in [6.07, 6.45) is 5.62. The summed E-state index contributed by atoms with van der Waals surface area (Å²) in [5.74, 6) is 0. The molecule has 0 atom stereocenters. The third-order valence-electron chi connectivity index (χ3n) is 2.96. The van der Waals surface area contributed by atoms with E-state index in [0.29, 0.717) is 5.56 Å². The van der Waals surface area contributed by atoms with Gasteiger partial charge in [-0.2, -0.15) is 0 Å². The fraction of sp³-hybridized carbons (Fsp3) is 0.0667. The van der Waals surface area contributed by atoms with Crippen LogP contribution >= 0.6 is 11.3 Å². The van der Waals surface area contributed by atoms with Crippen LogP contribution in [0.3, 0.4) is 0 Å². The van der Waals surface area contributed by atoms with Gasteiger partial charge in [0.1, 0.15) is 0 Å². The van der Waals surface area contributed by atoms with Crippen molar-refractivity contribution >= 4 is 28.4 Å². The zero-order valence-corrected chi connectivity index (χ0v) is 11.2. The second-order valence-corrected chi connectivity index (χ2v) is 5.10. The van der Waals surface area contributed by atoms with Gasteiger partial charge in [-0.25, -0.2) is 4.98 Å². The number of hydrogen-bond donors (Lipinski definition) is 0. The molecule has 0 bridgehead atoms. The fourth-order valence-electron chi connectivity index (χ4n) is 1.89. The summed E-state index contributed by atoms with van der Waals surface area (Å²) in [5.41, 5.74) is 2.49. The van der Waals surface area contributed by atoms with Crippen LogP contribution in [0.15, 0.2) is 46.7 Å². The highest BCUT2D eigenvalue weighted by molar-refractivity contribution is 7.15. The number of benzene rings is 1. The predicted octanol–water partition coefficient (Wildman–Crippen LogP) is 3.23. The molecule has 0 fully saturated rings. The predicted molar refractivity (Wildman–Crippen MR) is 79.4 cm³/mol. The Kier molecular flexibility index (Phi) is 3.01. The summed E-state index contributed by atoms with van der Waals surface area (Å²) >= 11 is 1.46. The average molecular weight is 268 g/mol. The molecule has 3 nitrogen and oxygen atoms in total. The average Bonchev–Trinajstić information content (AvgIpc) is 2.91. The number of hydrogen-bond acceptors (Lipinski definition) is 3. The minimum absolute atomic E-state index is 0.000961. The Morgan fingerprint density at radius 2 is 2.00 bits per heavy atom. The third kappa shape index (κ3) is 2.22. The normalized spacial score (nSPS) is 11.4. The van der Waals surface area contributed by atoms with E-state index in [9.17, 15) is 4.79 Å². The van der Waals surface area contributed by atoms with Gasteiger partial charge in [-0.1, -0.05) is 36.4 Å². The molecule has 94 valence electrons. The Hall–Kier alpha value is -2.20. The van der Waals surface area contributed by atoms with Crippen LogP contribution in [-0.2, 0) is 0 Å². The van der Waals surface area contributed by atoms with Crippen LogP contribution in [0.4, 0.5) is 0 Å². The first kappa shape index (κ1) is 11.9. The van der Waals surface area contributed by atoms with Gasteiger partial charge in [0.05, 0.1) is 5.69 Å². The van der Waals surface area contributed by atoms with Crippen molar-refractivity contribution in [1.29, 1.82) is 0 Å². The standard InChI is InChI=1S/C15H12N2OS/c1-11-13(8-7-12-5-3-2-4-6-12)16-15-17(14(11)18)9-10-19-15/h2-10H,1H3. The molecule has 0 amide bonds. The van der Waals surface area contributed by atoms with Crippen molar-refractivity contribution in [2.75, 3.05) is 0 Å². The van der Waals surface area contributed by atoms with Crippen molar-refractivity contribution in [3.8, 4) is 0 Å². The van der Waals surface area contributed by atoms with Gasteiger partial charge in [-0.15, -0.1) is 11.3 Å². The maximum Gasteiger partial charge on any atom is 0.262 e. The number of aromatic nitrogens is 2. The highest BCUT2D eigenvalue weighted by Crippen LogP contribution is 2.12. The molecule has 19 heavy (non-hydrogen) atoms. The van der Waals surface area contributed by atoms with Crippen molar-refractivity contribution in [3.63, 3.8) is 0 Å². The van der Waals surface area contributed by atoms with E-state index in [-0.39, 0.29) is 5.56 Å². The summed E-state index contributed by atoms with van der Waals surface area (Å²) < 4.78 is 1.58. The minimum Gasteiger partial charge on any atom is -0.269 e. The SMILES string of the molecule is Cc1c(C=Cc2ccccc2)nc2sccn2c1=O. The molecule has 0 aliphatic rings. The molecule has 3 aromatic rings. The third-order valence-corrected chi connectivity index (χ3v) is 3.72. The maximum absolute atomic E-state index is 12.1. The van der Waals surface area contributed by atoms with Crippen LogP contribution in [-0.4, -0.2) is 9.38 Å². The van der Waals surface area contributed by atoms with E-state index in [1.54, 1.807) is 10.6 Å². The van der Waals surface area contributed by atoms with Gasteiger partial charge in [0, 0.05) is 17.1 Å². The second-order valence-electron chi connectivity index (χ2n) is 4.23. The lowest BCUT2D eigenvalue weighted by molar-refractivity contribution is 1.03. The van der Waals surface area contributed by atoms with E-state index in [0.717, 1.165) is 16.2 Å². The number of nitrogens with zero attached hydrogens (tertiary/aromatic N) is 2. The van der Waals surface area contributed by atoms with Gasteiger partial charge >= 0.3 is 0 Å². The lowest BCUT2D eigenvalue weighted by Crippen LogP contribution is -2.17. The summed E-state index contributed by atoms with van der Waals surface area (Å²) in [7, 11) is 0. The van der Waals surface area contributed by atoms with E-state index < -0.39 is 0 Å². The highest BCUT2D eigenvalue weighted by Gasteiger charge is 2.06. The molecule has 0 spiro atoms. The first-order valence-corrected chi connectivity index (χ1v) is 6.83. The largest absolute Gasteiger partial charge is 0.269 e. The molecular weight excluding hydrogens is 256 g/mol. The number of rotatable bonds is 2. The Morgan fingerprint density at radius 1 is 1.21 bits per heavy atom. The van der Waals surface area contributed by atoms with Crippen LogP contribution < -0.4 is 5.56 Å². The van der Waals surface area contributed by atoms with E-state index in [1.807, 2.05) is 54.8 Å². The van der Waals surface area contributed by atoms with E-state index in [4.69, 9.17) is 0 Å². The molecule has 0 aliphatic heterocycles. The molecule has 1 aromatic carbocycles. The lowest BCUT2D eigenvalue weighted by atomic mass is 10.1. The van der Waals surface area contributed by atoms with Crippen LogP contribution in [0.1, 0.15) is 16.8 Å². The molecule has 0 N–H and O–H groups in total. The zero-order chi connectivity index (χ0) is 13.2. The second kappa shape index (κ2) is 4.82. The van der Waals surface area contributed by atoms with Crippen LogP contribution in [0.5, 0.6) is 0 Å². The van der Waals surface area contributed by atoms with Gasteiger partial charge in [-0.05, 0) is 18.6 Å². The van der Waals surface area contributed by atoms with Crippen molar-refractivity contribution in [2.24, 2.45) is 0 Å². The van der Waals surface area contributed by atoms with Gasteiger partial charge in [-0.3, -0.25) is 9.20 Å². The Labute approximate surface area is 114 Å². The van der Waals surface area contributed by atoms with E-state index in [1.165, 1.54) is 11.3 Å². The summed E-state index contributed by atoms with van der Waals surface area (Å²) in [5, 5.41) is 1.87. The molecular formula is C15H12N2OS. The van der Waals surface area contributed by atoms with E-state index in [2.05, 4.69) is 4.98 Å². The topological polar surface area (TPSA) is 34.4 Å². The van der Waals surface area contributed by atoms with Crippen molar-refractivity contribution < 1.29 is 0 Å². The van der Waals surface area contributed by atoms with Gasteiger partial charge in [0.25, 0.3) is 5.56 Å². The fourth-order valence-corrected chi connectivity index (χ4v) is 2.60. The van der Waals surface area contributed by atoms with Crippen molar-refractivity contribution in [1.82, 2.24) is 9.38 Å². The van der Waals surface area contributed by atoms with Crippen LogP contribution in [0.2, 0.25) is 0 Å². The first-order valence-electron chi connectivity index (χ1n) is 5.95. The summed E-state index contributed by atoms with van der Waals surface area (Å²) in [4.78, 5) is 17.3.